The Hall–Kier alpha value is -0.610. The molecule has 14 heavy (non-hydrogen) atoms. The van der Waals surface area contributed by atoms with E-state index in [9.17, 15) is 8.42 Å². The molecule has 0 heterocycles. The molecule has 0 N–H and O–H groups in total. The van der Waals surface area contributed by atoms with Gasteiger partial charge in [0.15, 0.2) is 0 Å². The van der Waals surface area contributed by atoms with Gasteiger partial charge in [0.05, 0.1) is 6.61 Å². The van der Waals surface area contributed by atoms with Crippen molar-refractivity contribution in [1.29, 1.82) is 0 Å². The first-order chi connectivity index (χ1) is 6.44. The van der Waals surface area contributed by atoms with Crippen molar-refractivity contribution >= 4 is 10.1 Å². The molecule has 0 aromatic carbocycles. The van der Waals surface area contributed by atoms with Crippen molar-refractivity contribution in [3.8, 4) is 0 Å². The zero-order chi connectivity index (χ0) is 10.8. The molecule has 3 nitrogen and oxygen atoms in total. The molecule has 80 valence electrons. The summed E-state index contributed by atoms with van der Waals surface area (Å²) in [4.78, 5) is 0. The molecule has 0 saturated carbocycles. The van der Waals surface area contributed by atoms with Crippen LogP contribution in [-0.2, 0) is 14.3 Å². The molecule has 0 aliphatic heterocycles. The molecular formula is C10H16O3S. The smallest absolute Gasteiger partial charge is 0.270 e. The van der Waals surface area contributed by atoms with E-state index in [0.717, 1.165) is 0 Å². The van der Waals surface area contributed by atoms with Gasteiger partial charge in [-0.2, -0.15) is 8.42 Å². The van der Waals surface area contributed by atoms with Crippen molar-refractivity contribution in [2.45, 2.75) is 25.5 Å². The first-order valence-electron chi connectivity index (χ1n) is 4.69. The summed E-state index contributed by atoms with van der Waals surface area (Å²) in [5.74, 6) is -0.0657. The van der Waals surface area contributed by atoms with Crippen molar-refractivity contribution < 1.29 is 12.6 Å². The molecule has 2 unspecified atom stereocenters. The summed E-state index contributed by atoms with van der Waals surface area (Å²) >= 11 is 0. The van der Waals surface area contributed by atoms with Crippen molar-refractivity contribution in [2.24, 2.45) is 5.92 Å². The minimum absolute atomic E-state index is 0.0657. The Labute approximate surface area is 85.6 Å². The summed E-state index contributed by atoms with van der Waals surface area (Å²) < 4.78 is 27.5. The first kappa shape index (κ1) is 11.5. The van der Waals surface area contributed by atoms with E-state index in [1.54, 1.807) is 26.0 Å². The highest BCUT2D eigenvalue weighted by Gasteiger charge is 2.42. The van der Waals surface area contributed by atoms with Gasteiger partial charge in [-0.15, -0.1) is 0 Å². The van der Waals surface area contributed by atoms with E-state index in [1.807, 2.05) is 19.1 Å². The van der Waals surface area contributed by atoms with Gasteiger partial charge in [-0.1, -0.05) is 31.2 Å². The SMILES string of the molecule is CCOS(=O)(=O)C1(C)C=CC=CC1C. The van der Waals surface area contributed by atoms with Gasteiger partial charge >= 0.3 is 0 Å². The maximum atomic E-state index is 11.8. The van der Waals surface area contributed by atoms with Gasteiger partial charge in [-0.3, -0.25) is 4.18 Å². The van der Waals surface area contributed by atoms with Gasteiger partial charge < -0.3 is 0 Å². The van der Waals surface area contributed by atoms with Crippen LogP contribution in [0, 0.1) is 5.92 Å². The topological polar surface area (TPSA) is 43.4 Å². The van der Waals surface area contributed by atoms with Crippen LogP contribution in [0.4, 0.5) is 0 Å². The van der Waals surface area contributed by atoms with Crippen molar-refractivity contribution in [2.75, 3.05) is 6.61 Å². The molecule has 0 aromatic rings. The lowest BCUT2D eigenvalue weighted by molar-refractivity contribution is 0.315. The third-order valence-corrected chi connectivity index (χ3v) is 4.79. The summed E-state index contributed by atoms with van der Waals surface area (Å²) in [5.41, 5.74) is 0. The molecule has 2 atom stereocenters. The van der Waals surface area contributed by atoms with Gasteiger partial charge in [0.25, 0.3) is 10.1 Å². The van der Waals surface area contributed by atoms with E-state index in [-0.39, 0.29) is 12.5 Å². The standard InChI is InChI=1S/C10H16O3S/c1-4-13-14(11,12)10(3)8-6-5-7-9(10)2/h5-9H,4H2,1-3H3. The molecule has 0 amide bonds. The van der Waals surface area contributed by atoms with Gasteiger partial charge in [0, 0.05) is 0 Å². The maximum Gasteiger partial charge on any atom is 0.277 e. The molecule has 0 aromatic heterocycles. The third-order valence-electron chi connectivity index (χ3n) is 2.65. The number of allylic oxidation sites excluding steroid dienone is 3. The average Bonchev–Trinajstić information content (AvgIpc) is 2.10. The monoisotopic (exact) mass is 216 g/mol. The van der Waals surface area contributed by atoms with E-state index >= 15 is 0 Å². The predicted octanol–water partition coefficient (Wildman–Crippen LogP) is 1.87. The second-order valence-corrected chi connectivity index (χ2v) is 5.60. The fourth-order valence-electron chi connectivity index (χ4n) is 1.41. The van der Waals surface area contributed by atoms with Crippen LogP contribution in [0.1, 0.15) is 20.8 Å². The Morgan fingerprint density at radius 2 is 2.07 bits per heavy atom. The third kappa shape index (κ3) is 1.77. The summed E-state index contributed by atoms with van der Waals surface area (Å²) in [6.07, 6.45) is 7.16. The van der Waals surface area contributed by atoms with Gasteiger partial charge in [0.1, 0.15) is 4.75 Å². The van der Waals surface area contributed by atoms with E-state index in [2.05, 4.69) is 0 Å². The Bertz CT molecular complexity index is 354. The zero-order valence-corrected chi connectivity index (χ0v) is 9.54. The Morgan fingerprint density at radius 3 is 2.57 bits per heavy atom. The fourth-order valence-corrected chi connectivity index (χ4v) is 2.76. The van der Waals surface area contributed by atoms with Crippen LogP contribution >= 0.6 is 0 Å². The molecule has 1 rings (SSSR count). The van der Waals surface area contributed by atoms with Crippen molar-refractivity contribution in [3.63, 3.8) is 0 Å². The minimum Gasteiger partial charge on any atom is -0.270 e. The maximum absolute atomic E-state index is 11.8. The highest BCUT2D eigenvalue weighted by atomic mass is 32.2. The lowest BCUT2D eigenvalue weighted by atomic mass is 9.91. The minimum atomic E-state index is -3.52. The highest BCUT2D eigenvalue weighted by molar-refractivity contribution is 7.88. The number of hydrogen-bond donors (Lipinski definition) is 0. The zero-order valence-electron chi connectivity index (χ0n) is 8.73. The Morgan fingerprint density at radius 1 is 1.43 bits per heavy atom. The predicted molar refractivity (Wildman–Crippen MR) is 56.4 cm³/mol. The molecule has 0 bridgehead atoms. The van der Waals surface area contributed by atoms with Gasteiger partial charge in [-0.05, 0) is 19.8 Å². The van der Waals surface area contributed by atoms with Crippen LogP contribution in [0.5, 0.6) is 0 Å². The van der Waals surface area contributed by atoms with Crippen LogP contribution in [0.15, 0.2) is 24.3 Å². The van der Waals surface area contributed by atoms with E-state index in [0.29, 0.717) is 0 Å². The lowest BCUT2D eigenvalue weighted by Gasteiger charge is -2.31. The van der Waals surface area contributed by atoms with Crippen LogP contribution in [0.2, 0.25) is 0 Å². The second kappa shape index (κ2) is 3.87. The van der Waals surface area contributed by atoms with Crippen LogP contribution < -0.4 is 0 Å². The van der Waals surface area contributed by atoms with Crippen molar-refractivity contribution in [3.05, 3.63) is 24.3 Å². The lowest BCUT2D eigenvalue weighted by Crippen LogP contribution is -2.41. The van der Waals surface area contributed by atoms with Gasteiger partial charge in [-0.25, -0.2) is 0 Å². The van der Waals surface area contributed by atoms with Crippen LogP contribution in [0.3, 0.4) is 0 Å². The summed E-state index contributed by atoms with van der Waals surface area (Å²) in [6.45, 7) is 5.41. The molecule has 4 heteroatoms. The normalized spacial score (nSPS) is 32.1. The van der Waals surface area contributed by atoms with Crippen molar-refractivity contribution in [1.82, 2.24) is 0 Å². The molecule has 1 aliphatic rings. The summed E-state index contributed by atoms with van der Waals surface area (Å²) in [7, 11) is -3.52. The largest absolute Gasteiger partial charge is 0.277 e. The van der Waals surface area contributed by atoms with E-state index in [4.69, 9.17) is 4.18 Å². The molecular weight excluding hydrogens is 200 g/mol. The van der Waals surface area contributed by atoms with Crippen LogP contribution in [-0.4, -0.2) is 19.8 Å². The van der Waals surface area contributed by atoms with Crippen LogP contribution in [0.25, 0.3) is 0 Å². The quantitative estimate of drug-likeness (QED) is 0.676. The van der Waals surface area contributed by atoms with E-state index in [1.165, 1.54) is 0 Å². The van der Waals surface area contributed by atoms with Gasteiger partial charge in [0.2, 0.25) is 0 Å². The fraction of sp³-hybridized carbons (Fsp3) is 0.600. The molecule has 0 saturated heterocycles. The molecule has 0 radical (unpaired) electrons. The molecule has 0 spiro atoms. The highest BCUT2D eigenvalue weighted by Crippen LogP contribution is 2.32. The van der Waals surface area contributed by atoms with E-state index < -0.39 is 14.9 Å². The number of hydrogen-bond acceptors (Lipinski definition) is 3. The summed E-state index contributed by atoms with van der Waals surface area (Å²) in [6, 6.07) is 0. The molecule has 1 aliphatic carbocycles. The molecule has 0 fully saturated rings. The summed E-state index contributed by atoms with van der Waals surface area (Å²) in [5, 5.41) is 0. The average molecular weight is 216 g/mol. The Balaban J connectivity index is 3.06. The Kier molecular flexibility index (Phi) is 3.17. The second-order valence-electron chi connectivity index (χ2n) is 3.58. The first-order valence-corrected chi connectivity index (χ1v) is 6.10. The number of rotatable bonds is 3.